The zero-order valence-electron chi connectivity index (χ0n) is 21.1. The number of halogens is 4. The molecule has 0 saturated carbocycles. The van der Waals surface area contributed by atoms with Crippen LogP contribution >= 0.6 is 11.6 Å². The van der Waals surface area contributed by atoms with Gasteiger partial charge in [0.2, 0.25) is 11.8 Å². The van der Waals surface area contributed by atoms with E-state index in [1.165, 1.54) is 6.92 Å². The van der Waals surface area contributed by atoms with Crippen molar-refractivity contribution in [3.8, 4) is 11.4 Å². The van der Waals surface area contributed by atoms with Crippen LogP contribution in [-0.2, 0) is 9.59 Å². The number of aromatic nitrogens is 2. The summed E-state index contributed by atoms with van der Waals surface area (Å²) < 4.78 is 40.5. The summed E-state index contributed by atoms with van der Waals surface area (Å²) in [4.78, 5) is 36.7. The molecule has 0 spiro atoms. The van der Waals surface area contributed by atoms with Gasteiger partial charge in [0.1, 0.15) is 11.6 Å². The van der Waals surface area contributed by atoms with Crippen LogP contribution in [0.3, 0.4) is 0 Å². The SMILES string of the molecule is CC(=O)NCCNc1cc(N2CCN(C(=O)/C=C/c3ccc(F)c(F)c3F)CC2)nc(-c2ccc(Cl)cc2)n1. The van der Waals surface area contributed by atoms with E-state index in [1.54, 1.807) is 23.1 Å². The normalized spacial score (nSPS) is 13.6. The summed E-state index contributed by atoms with van der Waals surface area (Å²) in [6.07, 6.45) is 2.28. The quantitative estimate of drug-likeness (QED) is 0.246. The van der Waals surface area contributed by atoms with Crippen molar-refractivity contribution in [3.63, 3.8) is 0 Å². The first kappa shape index (κ1) is 27.9. The predicted octanol–water partition coefficient (Wildman–Crippen LogP) is 4.12. The van der Waals surface area contributed by atoms with Crippen molar-refractivity contribution in [2.75, 3.05) is 49.5 Å². The van der Waals surface area contributed by atoms with E-state index in [9.17, 15) is 22.8 Å². The highest BCUT2D eigenvalue weighted by Crippen LogP contribution is 2.25. The number of hydrogen-bond donors (Lipinski definition) is 2. The molecule has 39 heavy (non-hydrogen) atoms. The van der Waals surface area contributed by atoms with Crippen molar-refractivity contribution in [2.24, 2.45) is 0 Å². The van der Waals surface area contributed by atoms with Gasteiger partial charge in [0.25, 0.3) is 0 Å². The van der Waals surface area contributed by atoms with Crippen LogP contribution in [0.25, 0.3) is 17.5 Å². The minimum absolute atomic E-state index is 0.126. The molecule has 0 aliphatic carbocycles. The zero-order valence-corrected chi connectivity index (χ0v) is 21.8. The van der Waals surface area contributed by atoms with E-state index in [0.717, 1.165) is 29.8 Å². The van der Waals surface area contributed by atoms with Crippen molar-refractivity contribution >= 4 is 41.1 Å². The number of carbonyl (C=O) groups excluding carboxylic acids is 2. The standard InChI is InChI=1S/C27H26ClF3N6O2/c1-17(38)32-10-11-33-22-16-23(35-27(34-22)19-2-6-20(28)7-3-19)36-12-14-37(15-13-36)24(39)9-5-18-4-8-21(29)26(31)25(18)30/h2-9,16H,10-15H2,1H3,(H,32,38)(H,33,34,35)/b9-5+. The van der Waals surface area contributed by atoms with Gasteiger partial charge in [-0.05, 0) is 42.5 Å². The van der Waals surface area contributed by atoms with Gasteiger partial charge in [-0.2, -0.15) is 0 Å². The van der Waals surface area contributed by atoms with Gasteiger partial charge in [-0.25, -0.2) is 23.1 Å². The molecule has 1 aromatic heterocycles. The molecular formula is C27H26ClF3N6O2. The molecule has 4 rings (SSSR count). The summed E-state index contributed by atoms with van der Waals surface area (Å²) in [6, 6.07) is 10.8. The third-order valence-corrected chi connectivity index (χ3v) is 6.26. The monoisotopic (exact) mass is 558 g/mol. The summed E-state index contributed by atoms with van der Waals surface area (Å²) >= 11 is 6.03. The number of nitrogens with one attached hydrogen (secondary N) is 2. The predicted molar refractivity (Wildman–Crippen MR) is 144 cm³/mol. The molecule has 8 nitrogen and oxygen atoms in total. The first-order chi connectivity index (χ1) is 18.7. The molecule has 1 fully saturated rings. The van der Waals surface area contributed by atoms with Crippen LogP contribution in [0.4, 0.5) is 24.8 Å². The molecule has 2 N–H and O–H groups in total. The smallest absolute Gasteiger partial charge is 0.246 e. The zero-order chi connectivity index (χ0) is 27.9. The van der Waals surface area contributed by atoms with Crippen LogP contribution < -0.4 is 15.5 Å². The lowest BCUT2D eigenvalue weighted by atomic mass is 10.1. The Kier molecular flexibility index (Phi) is 9.03. The van der Waals surface area contributed by atoms with E-state index in [-0.39, 0.29) is 17.4 Å². The molecule has 3 aromatic rings. The second-order valence-corrected chi connectivity index (χ2v) is 9.20. The van der Waals surface area contributed by atoms with Gasteiger partial charge in [0.15, 0.2) is 23.3 Å². The largest absolute Gasteiger partial charge is 0.368 e. The van der Waals surface area contributed by atoms with Crippen molar-refractivity contribution in [3.05, 3.63) is 76.6 Å². The van der Waals surface area contributed by atoms with E-state index in [1.807, 2.05) is 17.0 Å². The summed E-state index contributed by atoms with van der Waals surface area (Å²) in [7, 11) is 0. The topological polar surface area (TPSA) is 90.5 Å². The molecule has 2 heterocycles. The van der Waals surface area contributed by atoms with Gasteiger partial charge >= 0.3 is 0 Å². The summed E-state index contributed by atoms with van der Waals surface area (Å²) in [5, 5.41) is 6.51. The number of nitrogens with zero attached hydrogens (tertiary/aromatic N) is 4. The fourth-order valence-electron chi connectivity index (χ4n) is 3.94. The highest BCUT2D eigenvalue weighted by Gasteiger charge is 2.22. The Bertz CT molecular complexity index is 1380. The van der Waals surface area contributed by atoms with E-state index < -0.39 is 17.5 Å². The van der Waals surface area contributed by atoms with Crippen LogP contribution in [-0.4, -0.2) is 66.0 Å². The van der Waals surface area contributed by atoms with Crippen molar-refractivity contribution in [2.45, 2.75) is 6.92 Å². The Hall–Kier alpha value is -4.12. The van der Waals surface area contributed by atoms with Crippen molar-refractivity contribution in [1.29, 1.82) is 0 Å². The van der Waals surface area contributed by atoms with E-state index in [2.05, 4.69) is 15.6 Å². The molecule has 12 heteroatoms. The molecule has 0 bridgehead atoms. The molecular weight excluding hydrogens is 533 g/mol. The van der Waals surface area contributed by atoms with Gasteiger partial charge in [0, 0.05) is 74.5 Å². The maximum absolute atomic E-state index is 13.9. The lowest BCUT2D eigenvalue weighted by Gasteiger charge is -2.35. The fraction of sp³-hybridized carbons (Fsp3) is 0.259. The molecule has 2 amide bonds. The molecule has 1 saturated heterocycles. The van der Waals surface area contributed by atoms with Crippen molar-refractivity contribution in [1.82, 2.24) is 20.2 Å². The van der Waals surface area contributed by atoms with Crippen molar-refractivity contribution < 1.29 is 22.8 Å². The Balaban J connectivity index is 1.45. The molecule has 0 atom stereocenters. The van der Waals surface area contributed by atoms with Gasteiger partial charge in [0.05, 0.1) is 0 Å². The minimum atomic E-state index is -1.58. The van der Waals surface area contributed by atoms with Gasteiger partial charge in [-0.15, -0.1) is 0 Å². The van der Waals surface area contributed by atoms with Crippen LogP contribution in [0.5, 0.6) is 0 Å². The third-order valence-electron chi connectivity index (χ3n) is 6.01. The van der Waals surface area contributed by atoms with E-state index >= 15 is 0 Å². The summed E-state index contributed by atoms with van der Waals surface area (Å²) in [6.45, 7) is 4.02. The summed E-state index contributed by atoms with van der Waals surface area (Å²) in [5.74, 6) is -2.99. The van der Waals surface area contributed by atoms with Gasteiger partial charge in [-0.1, -0.05) is 11.6 Å². The maximum Gasteiger partial charge on any atom is 0.246 e. The Morgan fingerprint density at radius 2 is 1.69 bits per heavy atom. The molecule has 1 aliphatic rings. The van der Waals surface area contributed by atoms with Gasteiger partial charge < -0.3 is 20.4 Å². The number of hydrogen-bond acceptors (Lipinski definition) is 6. The van der Waals surface area contributed by atoms with Crippen LogP contribution in [0.1, 0.15) is 12.5 Å². The summed E-state index contributed by atoms with van der Waals surface area (Å²) in [5.41, 5.74) is 0.560. The van der Waals surface area contributed by atoms with Crippen LogP contribution in [0.15, 0.2) is 48.5 Å². The fourth-order valence-corrected chi connectivity index (χ4v) is 4.06. The highest BCUT2D eigenvalue weighted by atomic mass is 35.5. The van der Waals surface area contributed by atoms with Crippen LogP contribution in [0, 0.1) is 17.5 Å². The minimum Gasteiger partial charge on any atom is -0.368 e. The molecule has 0 radical (unpaired) electrons. The first-order valence-electron chi connectivity index (χ1n) is 12.2. The number of amides is 2. The van der Waals surface area contributed by atoms with Gasteiger partial charge in [-0.3, -0.25) is 9.59 Å². The molecule has 2 aromatic carbocycles. The van der Waals surface area contributed by atoms with Crippen LogP contribution in [0.2, 0.25) is 5.02 Å². The highest BCUT2D eigenvalue weighted by molar-refractivity contribution is 6.30. The average molecular weight is 559 g/mol. The van der Waals surface area contributed by atoms with E-state index in [0.29, 0.717) is 61.8 Å². The lowest BCUT2D eigenvalue weighted by molar-refractivity contribution is -0.126. The molecule has 1 aliphatic heterocycles. The Morgan fingerprint density at radius 1 is 0.974 bits per heavy atom. The second-order valence-electron chi connectivity index (χ2n) is 8.76. The molecule has 0 unspecified atom stereocenters. The number of benzene rings is 2. The second kappa shape index (κ2) is 12.6. The lowest BCUT2D eigenvalue weighted by Crippen LogP contribution is -2.48. The number of anilines is 2. The number of piperazine rings is 1. The first-order valence-corrected chi connectivity index (χ1v) is 12.6. The maximum atomic E-state index is 13.9. The molecule has 204 valence electrons. The Morgan fingerprint density at radius 3 is 2.38 bits per heavy atom. The van der Waals surface area contributed by atoms with E-state index in [4.69, 9.17) is 16.6 Å². The number of carbonyl (C=O) groups is 2. The Labute approximate surface area is 228 Å². The third kappa shape index (κ3) is 7.26. The number of rotatable bonds is 8. The average Bonchev–Trinajstić information content (AvgIpc) is 2.94.